The summed E-state index contributed by atoms with van der Waals surface area (Å²) >= 11 is 0. The number of carbonyl (C=O) groups is 1. The first-order valence-electron chi connectivity index (χ1n) is 0.908. The maximum absolute atomic E-state index is 8.89. The van der Waals surface area contributed by atoms with Gasteiger partial charge in [0, 0.05) is 5.97 Å². The molecule has 0 aromatic heterocycles. The van der Waals surface area contributed by atoms with Gasteiger partial charge in [-0.1, -0.05) is 0 Å². The van der Waals surface area contributed by atoms with Crippen molar-refractivity contribution in [3.05, 3.63) is 0 Å². The summed E-state index contributed by atoms with van der Waals surface area (Å²) in [6.07, 6.45) is 0. The van der Waals surface area contributed by atoms with Gasteiger partial charge < -0.3 is 15.6 Å². The summed E-state index contributed by atoms with van der Waals surface area (Å²) in [6, 6.07) is 0. The van der Waals surface area contributed by atoms with Crippen LogP contribution in [0, 0.1) is 0 Å². The van der Waals surface area contributed by atoms with Gasteiger partial charge in [0.05, 0.1) is 0 Å². The van der Waals surface area contributed by atoms with E-state index in [2.05, 4.69) is 0 Å². The number of carbonyl (C=O) groups excluding carboxylic acids is 1. The molecule has 40 valence electrons. The number of hydrogen-bond acceptors (Lipinski definition) is 2. The van der Waals surface area contributed by atoms with Crippen LogP contribution in [0.1, 0.15) is 12.6 Å². The molecule has 0 amide bonds. The summed E-state index contributed by atoms with van der Waals surface area (Å²) in [4.78, 5) is 8.89. The summed E-state index contributed by atoms with van der Waals surface area (Å²) in [5, 5.41) is 8.89. The first kappa shape index (κ1) is 8.88. The molecule has 0 saturated carbocycles. The zero-order valence-corrected chi connectivity index (χ0v) is 3.62. The summed E-state index contributed by atoms with van der Waals surface area (Å²) in [5.41, 5.74) is 0. The van der Waals surface area contributed by atoms with E-state index in [1.165, 1.54) is 0 Å². The molecule has 3 heteroatoms. The molecular weight excluding hydrogens is 115 g/mol. The third-order valence-corrected chi connectivity index (χ3v) is 0. The molecule has 0 fully saturated rings. The Morgan fingerprint density at radius 3 is 2.00 bits per heavy atom. The Hall–Kier alpha value is -0.0365. The van der Waals surface area contributed by atoms with Gasteiger partial charge in [-0.15, -0.1) is 0 Å². The Labute approximate surface area is 46.0 Å². The van der Waals surface area contributed by atoms with Crippen LogP contribution in [-0.4, -0.2) is 5.97 Å². The third kappa shape index (κ3) is 11500. The van der Waals surface area contributed by atoms with Gasteiger partial charge in [-0.25, -0.2) is 0 Å². The molecule has 2 nitrogen and oxygen atoms in total. The van der Waals surface area contributed by atoms with Gasteiger partial charge in [0.15, 0.2) is 0 Å². The van der Waals surface area contributed by atoms with Crippen molar-refractivity contribution in [1.29, 1.82) is 0 Å². The minimum atomic E-state index is -1.08. The standard InChI is InChI=1S/C2H4O2.Ni.4H/c1-2(3)4;;;;;/h1H3,(H,3,4);;;;;/q;+2;4*-1/p-1. The van der Waals surface area contributed by atoms with E-state index in [-0.39, 0.29) is 22.2 Å². The third-order valence-electron chi connectivity index (χ3n) is 0. The van der Waals surface area contributed by atoms with Crippen LogP contribution in [0.4, 0.5) is 0 Å². The summed E-state index contributed by atoms with van der Waals surface area (Å²) in [5.74, 6) is -1.08. The fourth-order valence-corrected chi connectivity index (χ4v) is 0. The maximum atomic E-state index is 8.89. The van der Waals surface area contributed by atoms with Crippen LogP contribution < -0.4 is 5.11 Å². The van der Waals surface area contributed by atoms with E-state index in [9.17, 15) is 0 Å². The molecule has 0 aliphatic rings. The molecule has 0 unspecified atom stereocenters. The van der Waals surface area contributed by atoms with Crippen molar-refractivity contribution in [3.63, 3.8) is 0 Å². The minimum absolute atomic E-state index is 0. The Balaban J connectivity index is -0.00000000450. The van der Waals surface area contributed by atoms with Crippen LogP contribution >= 0.6 is 0 Å². The van der Waals surface area contributed by atoms with Gasteiger partial charge in [-0.2, -0.15) is 0 Å². The summed E-state index contributed by atoms with van der Waals surface area (Å²) < 4.78 is 0. The van der Waals surface area contributed by atoms with E-state index < -0.39 is 5.97 Å². The van der Waals surface area contributed by atoms with Gasteiger partial charge >= 0.3 is 16.5 Å². The van der Waals surface area contributed by atoms with Gasteiger partial charge in [0.25, 0.3) is 0 Å². The SMILES string of the molecule is CC(=O)[O-].[H-].[H-].[H-].[H-].[Ni+2]. The molecule has 0 aromatic rings. The number of hydrogen-bond donors (Lipinski definition) is 0. The molecular formula is C2H7NiO2-3. The maximum Gasteiger partial charge on any atom is 2.00 e. The monoisotopic (exact) mass is 121 g/mol. The van der Waals surface area contributed by atoms with Crippen molar-refractivity contribution in [2.24, 2.45) is 0 Å². The average Bonchev–Trinajstić information content (AvgIpc) is 0.811. The number of aliphatic carboxylic acids is 1. The van der Waals surface area contributed by atoms with Crippen LogP contribution in [0.3, 0.4) is 0 Å². The predicted octanol–water partition coefficient (Wildman–Crippen LogP) is -0.796. The normalized spacial score (nSPS) is 5.00. The number of carboxylic acids is 1. The molecule has 0 atom stereocenters. The topological polar surface area (TPSA) is 40.1 Å². The molecule has 0 spiro atoms. The molecule has 5 heavy (non-hydrogen) atoms. The van der Waals surface area contributed by atoms with Crippen molar-refractivity contribution >= 4 is 5.97 Å². The van der Waals surface area contributed by atoms with Crippen molar-refractivity contribution in [2.45, 2.75) is 6.92 Å². The second kappa shape index (κ2) is 3.96. The van der Waals surface area contributed by atoms with Crippen LogP contribution in [0.25, 0.3) is 0 Å². The van der Waals surface area contributed by atoms with Crippen molar-refractivity contribution in [3.8, 4) is 0 Å². The fourth-order valence-electron chi connectivity index (χ4n) is 0. The molecule has 0 radical (unpaired) electrons. The van der Waals surface area contributed by atoms with Crippen molar-refractivity contribution < 1.29 is 32.1 Å². The molecule has 0 N–H and O–H groups in total. The second-order valence-corrected chi connectivity index (χ2v) is 0.492. The molecule has 0 aliphatic carbocycles. The molecule has 0 rings (SSSR count). The van der Waals surface area contributed by atoms with Crippen LogP contribution in [-0.2, 0) is 21.3 Å². The second-order valence-electron chi connectivity index (χ2n) is 0.492. The van der Waals surface area contributed by atoms with E-state index in [1.807, 2.05) is 0 Å². The van der Waals surface area contributed by atoms with Crippen LogP contribution in [0.15, 0.2) is 0 Å². The number of rotatable bonds is 0. The predicted molar refractivity (Wildman–Crippen MR) is 15.1 cm³/mol. The van der Waals surface area contributed by atoms with E-state index in [4.69, 9.17) is 9.90 Å². The van der Waals surface area contributed by atoms with Crippen LogP contribution in [0.5, 0.6) is 0 Å². The fraction of sp³-hybridized carbons (Fsp3) is 0.500. The number of carboxylic acid groups (broad SMARTS) is 1. The summed E-state index contributed by atoms with van der Waals surface area (Å²) in [6.45, 7) is 0.972. The summed E-state index contributed by atoms with van der Waals surface area (Å²) in [7, 11) is 0. The van der Waals surface area contributed by atoms with E-state index in [0.29, 0.717) is 0 Å². The molecule has 0 heterocycles. The first-order valence-corrected chi connectivity index (χ1v) is 0.908. The minimum Gasteiger partial charge on any atom is -1.00 e. The van der Waals surface area contributed by atoms with E-state index in [1.54, 1.807) is 0 Å². The van der Waals surface area contributed by atoms with Gasteiger partial charge in [0.1, 0.15) is 0 Å². The molecule has 0 aliphatic heterocycles. The molecule has 0 bridgehead atoms. The Morgan fingerprint density at radius 2 is 2.00 bits per heavy atom. The average molecular weight is 122 g/mol. The van der Waals surface area contributed by atoms with Gasteiger partial charge in [-0.05, 0) is 6.92 Å². The molecule has 0 aromatic carbocycles. The molecule has 0 saturated heterocycles. The quantitative estimate of drug-likeness (QED) is 0.394. The van der Waals surface area contributed by atoms with E-state index in [0.717, 1.165) is 6.92 Å². The van der Waals surface area contributed by atoms with Gasteiger partial charge in [0.2, 0.25) is 0 Å². The van der Waals surface area contributed by atoms with Crippen LogP contribution in [0.2, 0.25) is 0 Å². The van der Waals surface area contributed by atoms with Crippen molar-refractivity contribution in [1.82, 2.24) is 0 Å². The van der Waals surface area contributed by atoms with Crippen molar-refractivity contribution in [2.75, 3.05) is 0 Å². The van der Waals surface area contributed by atoms with E-state index >= 15 is 0 Å². The Bertz CT molecular complexity index is 39.5. The zero-order chi connectivity index (χ0) is 3.58. The zero-order valence-electron chi connectivity index (χ0n) is 6.63. The smallest absolute Gasteiger partial charge is 1.00 e. The van der Waals surface area contributed by atoms with Gasteiger partial charge in [-0.3, -0.25) is 0 Å². The Kier molecular flexibility index (Phi) is 7.04. The largest absolute Gasteiger partial charge is 2.00 e. The Morgan fingerprint density at radius 1 is 2.00 bits per heavy atom. The first-order chi connectivity index (χ1) is 1.73.